The van der Waals surface area contributed by atoms with Gasteiger partial charge in [-0.2, -0.15) is 0 Å². The molecule has 3 aromatic rings. The third-order valence-electron chi connectivity index (χ3n) is 4.90. The first-order valence-electron chi connectivity index (χ1n) is 9.70. The van der Waals surface area contributed by atoms with Crippen molar-refractivity contribution >= 4 is 22.9 Å². The van der Waals surface area contributed by atoms with E-state index in [1.165, 1.54) is 16.6 Å². The highest BCUT2D eigenvalue weighted by molar-refractivity contribution is 5.97. The zero-order valence-corrected chi connectivity index (χ0v) is 16.9. The number of hydrogen-bond acceptors (Lipinski definition) is 3. The van der Waals surface area contributed by atoms with E-state index in [1.54, 1.807) is 18.6 Å². The molecule has 1 aromatic carbocycles. The molecule has 0 unspecified atom stereocenters. The summed E-state index contributed by atoms with van der Waals surface area (Å²) in [7, 11) is 4.19. The van der Waals surface area contributed by atoms with Crippen molar-refractivity contribution in [3.63, 3.8) is 0 Å². The van der Waals surface area contributed by atoms with Crippen LogP contribution in [0.5, 0.6) is 0 Å². The first-order chi connectivity index (χ1) is 13.6. The highest BCUT2D eigenvalue weighted by Gasteiger charge is 2.12. The van der Waals surface area contributed by atoms with Gasteiger partial charge in [0.1, 0.15) is 0 Å². The van der Waals surface area contributed by atoms with Gasteiger partial charge in [-0.05, 0) is 46.1 Å². The molecule has 0 atom stereocenters. The third-order valence-corrected chi connectivity index (χ3v) is 4.90. The van der Waals surface area contributed by atoms with Crippen molar-refractivity contribution in [1.82, 2.24) is 24.3 Å². The molecule has 0 aliphatic rings. The van der Waals surface area contributed by atoms with Crippen molar-refractivity contribution in [2.75, 3.05) is 27.2 Å². The number of benzene rings is 1. The van der Waals surface area contributed by atoms with Crippen LogP contribution in [0, 0.1) is 6.92 Å². The van der Waals surface area contributed by atoms with Crippen LogP contribution in [0.3, 0.4) is 0 Å². The zero-order valence-electron chi connectivity index (χ0n) is 16.9. The maximum absolute atomic E-state index is 12.2. The van der Waals surface area contributed by atoms with E-state index in [-0.39, 0.29) is 5.91 Å². The molecule has 1 N–H and O–H groups in total. The summed E-state index contributed by atoms with van der Waals surface area (Å²) in [5.41, 5.74) is 3.53. The summed E-state index contributed by atoms with van der Waals surface area (Å²) in [5.74, 6) is -0.0797. The van der Waals surface area contributed by atoms with Crippen LogP contribution in [-0.4, -0.2) is 52.1 Å². The lowest BCUT2D eigenvalue weighted by molar-refractivity contribution is -0.116. The first-order valence-corrected chi connectivity index (χ1v) is 9.70. The predicted octanol–water partition coefficient (Wildman–Crippen LogP) is 2.93. The van der Waals surface area contributed by atoms with Crippen molar-refractivity contribution in [3.05, 3.63) is 60.3 Å². The number of hydrogen-bond donors (Lipinski definition) is 1. The van der Waals surface area contributed by atoms with Crippen molar-refractivity contribution in [2.45, 2.75) is 26.4 Å². The van der Waals surface area contributed by atoms with E-state index in [4.69, 9.17) is 0 Å². The Hall–Kier alpha value is -2.86. The van der Waals surface area contributed by atoms with E-state index >= 15 is 0 Å². The van der Waals surface area contributed by atoms with Gasteiger partial charge in [-0.1, -0.05) is 18.2 Å². The van der Waals surface area contributed by atoms with Gasteiger partial charge >= 0.3 is 0 Å². The molecule has 0 aliphatic carbocycles. The molecule has 6 nitrogen and oxygen atoms in total. The fourth-order valence-corrected chi connectivity index (χ4v) is 3.45. The molecule has 0 bridgehead atoms. The van der Waals surface area contributed by atoms with E-state index in [0.717, 1.165) is 25.1 Å². The molecule has 3 rings (SSSR count). The minimum Gasteiger partial charge on any atom is -0.351 e. The molecule has 1 amide bonds. The molecular formula is C22H29N5O. The summed E-state index contributed by atoms with van der Waals surface area (Å²) < 4.78 is 4.30. The number of carbonyl (C=O) groups is 1. The zero-order chi connectivity index (χ0) is 19.9. The van der Waals surface area contributed by atoms with Gasteiger partial charge in [-0.3, -0.25) is 4.79 Å². The number of rotatable bonds is 9. The summed E-state index contributed by atoms with van der Waals surface area (Å²) in [6.07, 6.45) is 10.0. The number of aryl methyl sites for hydroxylation is 1. The molecule has 2 aromatic heterocycles. The number of fused-ring (bicyclic) bond motifs is 1. The minimum atomic E-state index is -0.0797. The normalized spacial score (nSPS) is 11.7. The van der Waals surface area contributed by atoms with E-state index in [2.05, 4.69) is 65.1 Å². The van der Waals surface area contributed by atoms with Crippen molar-refractivity contribution < 1.29 is 4.79 Å². The molecule has 0 spiro atoms. The SMILES string of the molecule is Cc1c(C=CC(=O)NCCn2ccnc2)c2ccccc2n1CCCN(C)C. The third kappa shape index (κ3) is 4.89. The summed E-state index contributed by atoms with van der Waals surface area (Å²) in [5, 5.41) is 4.11. The van der Waals surface area contributed by atoms with Gasteiger partial charge < -0.3 is 19.4 Å². The Labute approximate surface area is 166 Å². The van der Waals surface area contributed by atoms with Crippen LogP contribution in [0.25, 0.3) is 17.0 Å². The lowest BCUT2D eigenvalue weighted by atomic mass is 10.1. The average molecular weight is 380 g/mol. The lowest BCUT2D eigenvalue weighted by Gasteiger charge is -2.12. The fourth-order valence-electron chi connectivity index (χ4n) is 3.45. The number of imidazole rings is 1. The van der Waals surface area contributed by atoms with Crippen LogP contribution in [0.2, 0.25) is 0 Å². The van der Waals surface area contributed by atoms with Crippen LogP contribution in [0.1, 0.15) is 17.7 Å². The van der Waals surface area contributed by atoms with E-state index < -0.39 is 0 Å². The van der Waals surface area contributed by atoms with Crippen LogP contribution >= 0.6 is 0 Å². The average Bonchev–Trinajstić information content (AvgIpc) is 3.27. The molecule has 0 aliphatic heterocycles. The molecule has 0 fully saturated rings. The Morgan fingerprint density at radius 1 is 1.25 bits per heavy atom. The topological polar surface area (TPSA) is 55.1 Å². The van der Waals surface area contributed by atoms with Gasteiger partial charge in [0.2, 0.25) is 5.91 Å². The Morgan fingerprint density at radius 3 is 2.82 bits per heavy atom. The van der Waals surface area contributed by atoms with Crippen LogP contribution < -0.4 is 5.32 Å². The Kier molecular flexibility index (Phi) is 6.66. The smallest absolute Gasteiger partial charge is 0.244 e. The Bertz CT molecular complexity index is 937. The second kappa shape index (κ2) is 9.37. The molecule has 0 radical (unpaired) electrons. The minimum absolute atomic E-state index is 0.0797. The second-order valence-corrected chi connectivity index (χ2v) is 7.25. The van der Waals surface area contributed by atoms with Crippen LogP contribution in [0.4, 0.5) is 0 Å². The number of nitrogens with one attached hydrogen (secondary N) is 1. The van der Waals surface area contributed by atoms with Gasteiger partial charge in [-0.25, -0.2) is 4.98 Å². The van der Waals surface area contributed by atoms with Gasteiger partial charge in [-0.15, -0.1) is 0 Å². The summed E-state index contributed by atoms with van der Waals surface area (Å²) >= 11 is 0. The highest BCUT2D eigenvalue weighted by atomic mass is 16.1. The number of nitrogens with zero attached hydrogens (tertiary/aromatic N) is 4. The lowest BCUT2D eigenvalue weighted by Crippen LogP contribution is -2.25. The largest absolute Gasteiger partial charge is 0.351 e. The van der Waals surface area contributed by atoms with E-state index in [9.17, 15) is 4.79 Å². The highest BCUT2D eigenvalue weighted by Crippen LogP contribution is 2.27. The standard InChI is InChI=1S/C22H29N5O/c1-18-19(9-10-22(28)24-12-16-26-15-11-23-17-26)20-7-4-5-8-21(20)27(18)14-6-13-25(2)3/h4-5,7-11,15,17H,6,12-14,16H2,1-3H3,(H,24,28). The first kappa shape index (κ1) is 19.9. The van der Waals surface area contributed by atoms with Crippen molar-refractivity contribution in [2.24, 2.45) is 0 Å². The summed E-state index contributed by atoms with van der Waals surface area (Å²) in [6.45, 7) is 5.44. The van der Waals surface area contributed by atoms with Crippen molar-refractivity contribution in [3.8, 4) is 0 Å². The van der Waals surface area contributed by atoms with Crippen molar-refractivity contribution in [1.29, 1.82) is 0 Å². The molecular weight excluding hydrogens is 350 g/mol. The monoisotopic (exact) mass is 379 g/mol. The Balaban J connectivity index is 1.70. The van der Waals surface area contributed by atoms with Gasteiger partial charge in [0, 0.05) is 60.3 Å². The number of amides is 1. The number of aromatic nitrogens is 3. The van der Waals surface area contributed by atoms with Gasteiger partial charge in [0.15, 0.2) is 0 Å². The predicted molar refractivity (Wildman–Crippen MR) is 114 cm³/mol. The fraction of sp³-hybridized carbons (Fsp3) is 0.364. The van der Waals surface area contributed by atoms with Crippen LogP contribution in [0.15, 0.2) is 49.1 Å². The molecule has 28 heavy (non-hydrogen) atoms. The molecule has 0 saturated carbocycles. The number of para-hydroxylation sites is 1. The summed E-state index contributed by atoms with van der Waals surface area (Å²) in [6, 6.07) is 8.40. The maximum Gasteiger partial charge on any atom is 0.244 e. The second-order valence-electron chi connectivity index (χ2n) is 7.25. The van der Waals surface area contributed by atoms with E-state index in [1.807, 2.05) is 16.8 Å². The molecule has 148 valence electrons. The maximum atomic E-state index is 12.2. The Morgan fingerprint density at radius 2 is 2.07 bits per heavy atom. The molecule has 6 heteroatoms. The summed E-state index contributed by atoms with van der Waals surface area (Å²) in [4.78, 5) is 18.4. The quantitative estimate of drug-likeness (QED) is 0.582. The van der Waals surface area contributed by atoms with Crippen LogP contribution in [-0.2, 0) is 17.9 Å². The van der Waals surface area contributed by atoms with E-state index in [0.29, 0.717) is 13.1 Å². The molecule has 0 saturated heterocycles. The molecule has 2 heterocycles. The van der Waals surface area contributed by atoms with Gasteiger partial charge in [0.25, 0.3) is 0 Å². The van der Waals surface area contributed by atoms with Gasteiger partial charge in [0.05, 0.1) is 6.33 Å². The number of carbonyl (C=O) groups excluding carboxylic acids is 1.